The van der Waals surface area contributed by atoms with Crippen LogP contribution in [0.1, 0.15) is 39.2 Å². The molecule has 3 heteroatoms. The van der Waals surface area contributed by atoms with E-state index in [1.165, 1.54) is 18.4 Å². The van der Waals surface area contributed by atoms with E-state index >= 15 is 0 Å². The minimum absolute atomic E-state index is 0.385. The molecule has 0 fully saturated rings. The summed E-state index contributed by atoms with van der Waals surface area (Å²) in [6.07, 6.45) is 7.74. The summed E-state index contributed by atoms with van der Waals surface area (Å²) in [6, 6.07) is 0. The van der Waals surface area contributed by atoms with Gasteiger partial charge in [0.25, 0.3) is 0 Å². The molecule has 1 aromatic rings. The Hall–Kier alpha value is -0.830. The molecule has 92 valence electrons. The SMILES string of the molecule is CCn1cc(CC(CC)(CC)CNC)cn1. The summed E-state index contributed by atoms with van der Waals surface area (Å²) < 4.78 is 2.00. The second kappa shape index (κ2) is 6.04. The molecule has 0 atom stereocenters. The topological polar surface area (TPSA) is 29.9 Å². The Morgan fingerprint density at radius 2 is 2.00 bits per heavy atom. The first kappa shape index (κ1) is 13.2. The lowest BCUT2D eigenvalue weighted by Crippen LogP contribution is -2.33. The molecule has 0 aliphatic rings. The van der Waals surface area contributed by atoms with Crippen LogP contribution in [0.3, 0.4) is 0 Å². The Kier molecular flexibility index (Phi) is 5.00. The third-order valence-electron chi connectivity index (χ3n) is 3.64. The van der Waals surface area contributed by atoms with E-state index in [4.69, 9.17) is 0 Å². The van der Waals surface area contributed by atoms with Gasteiger partial charge in [-0.3, -0.25) is 4.68 Å². The molecule has 0 saturated heterocycles. The zero-order valence-corrected chi connectivity index (χ0v) is 11.1. The van der Waals surface area contributed by atoms with E-state index in [1.807, 2.05) is 17.9 Å². The van der Waals surface area contributed by atoms with Gasteiger partial charge in [-0.1, -0.05) is 13.8 Å². The van der Waals surface area contributed by atoms with Crippen LogP contribution in [0.25, 0.3) is 0 Å². The molecule has 1 aromatic heterocycles. The number of hydrogen-bond donors (Lipinski definition) is 1. The van der Waals surface area contributed by atoms with Crippen LogP contribution in [0.5, 0.6) is 0 Å². The van der Waals surface area contributed by atoms with E-state index in [0.29, 0.717) is 5.41 Å². The lowest BCUT2D eigenvalue weighted by Gasteiger charge is -2.31. The molecular weight excluding hydrogens is 198 g/mol. The third kappa shape index (κ3) is 3.08. The van der Waals surface area contributed by atoms with Gasteiger partial charge in [0.05, 0.1) is 6.20 Å². The largest absolute Gasteiger partial charge is 0.319 e. The fourth-order valence-electron chi connectivity index (χ4n) is 2.29. The second-order valence-electron chi connectivity index (χ2n) is 4.62. The quantitative estimate of drug-likeness (QED) is 0.769. The summed E-state index contributed by atoms with van der Waals surface area (Å²) in [4.78, 5) is 0. The number of rotatable bonds is 7. The van der Waals surface area contributed by atoms with Gasteiger partial charge in [-0.15, -0.1) is 0 Å². The average molecular weight is 223 g/mol. The van der Waals surface area contributed by atoms with E-state index < -0.39 is 0 Å². The molecule has 0 saturated carbocycles. The molecule has 0 spiro atoms. The molecule has 0 aromatic carbocycles. The van der Waals surface area contributed by atoms with E-state index in [-0.39, 0.29) is 0 Å². The molecule has 1 heterocycles. The first-order valence-corrected chi connectivity index (χ1v) is 6.35. The molecule has 1 rings (SSSR count). The van der Waals surface area contributed by atoms with Gasteiger partial charge in [-0.2, -0.15) is 5.10 Å². The van der Waals surface area contributed by atoms with Crippen LogP contribution in [-0.2, 0) is 13.0 Å². The zero-order valence-electron chi connectivity index (χ0n) is 11.1. The highest BCUT2D eigenvalue weighted by Gasteiger charge is 2.26. The van der Waals surface area contributed by atoms with Crippen LogP contribution in [0.2, 0.25) is 0 Å². The molecular formula is C13H25N3. The van der Waals surface area contributed by atoms with Crippen molar-refractivity contribution in [1.29, 1.82) is 0 Å². The van der Waals surface area contributed by atoms with Crippen LogP contribution >= 0.6 is 0 Å². The van der Waals surface area contributed by atoms with Crippen molar-refractivity contribution < 1.29 is 0 Å². The zero-order chi connectivity index (χ0) is 12.0. The summed E-state index contributed by atoms with van der Waals surface area (Å²) in [6.45, 7) is 8.72. The fraction of sp³-hybridized carbons (Fsp3) is 0.769. The standard InChI is InChI=1S/C13H25N3/c1-5-13(6-2,11-14-4)8-12-9-15-16(7-3)10-12/h9-10,14H,5-8,11H2,1-4H3. The molecule has 16 heavy (non-hydrogen) atoms. The van der Waals surface area contributed by atoms with E-state index in [1.54, 1.807) is 0 Å². The third-order valence-corrected chi connectivity index (χ3v) is 3.64. The van der Waals surface area contributed by atoms with Crippen LogP contribution < -0.4 is 5.32 Å². The molecule has 3 nitrogen and oxygen atoms in total. The highest BCUT2D eigenvalue weighted by molar-refractivity contribution is 5.08. The van der Waals surface area contributed by atoms with Crippen LogP contribution in [-0.4, -0.2) is 23.4 Å². The summed E-state index contributed by atoms with van der Waals surface area (Å²) >= 11 is 0. The van der Waals surface area contributed by atoms with E-state index in [0.717, 1.165) is 19.5 Å². The summed E-state index contributed by atoms with van der Waals surface area (Å²) in [5, 5.41) is 7.67. The highest BCUT2D eigenvalue weighted by Crippen LogP contribution is 2.30. The lowest BCUT2D eigenvalue weighted by molar-refractivity contribution is 0.253. The van der Waals surface area contributed by atoms with Crippen molar-refractivity contribution in [2.75, 3.05) is 13.6 Å². The van der Waals surface area contributed by atoms with Crippen molar-refractivity contribution in [2.45, 2.75) is 46.6 Å². The monoisotopic (exact) mass is 223 g/mol. The summed E-state index contributed by atoms with van der Waals surface area (Å²) in [7, 11) is 2.04. The number of aromatic nitrogens is 2. The van der Waals surface area contributed by atoms with Crippen molar-refractivity contribution in [3.63, 3.8) is 0 Å². The maximum atomic E-state index is 4.34. The predicted octanol–water partition coefficient (Wildman–Crippen LogP) is 2.47. The molecule has 0 radical (unpaired) electrons. The van der Waals surface area contributed by atoms with Gasteiger partial charge >= 0.3 is 0 Å². The van der Waals surface area contributed by atoms with Crippen LogP contribution in [0, 0.1) is 5.41 Å². The van der Waals surface area contributed by atoms with E-state index in [2.05, 4.69) is 37.4 Å². The van der Waals surface area contributed by atoms with Gasteiger partial charge in [0, 0.05) is 19.3 Å². The number of nitrogens with one attached hydrogen (secondary N) is 1. The number of hydrogen-bond acceptors (Lipinski definition) is 2. The highest BCUT2D eigenvalue weighted by atomic mass is 15.3. The van der Waals surface area contributed by atoms with Gasteiger partial charge in [-0.25, -0.2) is 0 Å². The average Bonchev–Trinajstić information content (AvgIpc) is 2.76. The Labute approximate surface area is 99.2 Å². The number of nitrogens with zero attached hydrogens (tertiary/aromatic N) is 2. The van der Waals surface area contributed by atoms with Crippen molar-refractivity contribution in [3.05, 3.63) is 18.0 Å². The Bertz CT molecular complexity index is 300. The summed E-state index contributed by atoms with van der Waals surface area (Å²) in [5.74, 6) is 0. The maximum Gasteiger partial charge on any atom is 0.0521 e. The van der Waals surface area contributed by atoms with Gasteiger partial charge < -0.3 is 5.32 Å². The smallest absolute Gasteiger partial charge is 0.0521 e. The molecule has 0 aliphatic heterocycles. The van der Waals surface area contributed by atoms with Gasteiger partial charge in [0.2, 0.25) is 0 Å². The van der Waals surface area contributed by atoms with Gasteiger partial charge in [-0.05, 0) is 44.2 Å². The van der Waals surface area contributed by atoms with Crippen LogP contribution in [0.4, 0.5) is 0 Å². The van der Waals surface area contributed by atoms with Gasteiger partial charge in [0.1, 0.15) is 0 Å². The molecule has 0 bridgehead atoms. The van der Waals surface area contributed by atoms with Crippen molar-refractivity contribution in [1.82, 2.24) is 15.1 Å². The van der Waals surface area contributed by atoms with Crippen molar-refractivity contribution >= 4 is 0 Å². The van der Waals surface area contributed by atoms with Crippen molar-refractivity contribution in [3.8, 4) is 0 Å². The normalized spacial score (nSPS) is 12.0. The van der Waals surface area contributed by atoms with Crippen LogP contribution in [0.15, 0.2) is 12.4 Å². The predicted molar refractivity (Wildman–Crippen MR) is 68.5 cm³/mol. The Morgan fingerprint density at radius 1 is 1.31 bits per heavy atom. The molecule has 0 aliphatic carbocycles. The summed E-state index contributed by atoms with van der Waals surface area (Å²) in [5.41, 5.74) is 1.75. The fourth-order valence-corrected chi connectivity index (χ4v) is 2.29. The lowest BCUT2D eigenvalue weighted by atomic mass is 9.77. The maximum absolute atomic E-state index is 4.34. The van der Waals surface area contributed by atoms with Gasteiger partial charge in [0.15, 0.2) is 0 Å². The minimum atomic E-state index is 0.385. The first-order valence-electron chi connectivity index (χ1n) is 6.35. The Morgan fingerprint density at radius 3 is 2.44 bits per heavy atom. The molecule has 0 unspecified atom stereocenters. The van der Waals surface area contributed by atoms with Crippen molar-refractivity contribution in [2.24, 2.45) is 5.41 Å². The molecule has 0 amide bonds. The molecule has 1 N–H and O–H groups in total. The first-order chi connectivity index (χ1) is 7.69. The van der Waals surface area contributed by atoms with E-state index in [9.17, 15) is 0 Å². The Balaban J connectivity index is 2.74. The second-order valence-corrected chi connectivity index (χ2v) is 4.62. The number of aryl methyl sites for hydroxylation is 1. The minimum Gasteiger partial charge on any atom is -0.319 e.